The molecule has 7 nitrogen and oxygen atoms in total. The smallest absolute Gasteiger partial charge is 0.219 e. The first-order chi connectivity index (χ1) is 8.05. The van der Waals surface area contributed by atoms with Crippen molar-refractivity contribution in [2.45, 2.75) is 32.7 Å². The van der Waals surface area contributed by atoms with Crippen LogP contribution in [0.4, 0.5) is 11.6 Å². The molecular weight excluding hydrogens is 220 g/mol. The highest BCUT2D eigenvalue weighted by atomic mass is 16.1. The third-order valence-corrected chi connectivity index (χ3v) is 2.14. The number of hydrazine groups is 1. The summed E-state index contributed by atoms with van der Waals surface area (Å²) in [4.78, 5) is 19.2. The fourth-order valence-corrected chi connectivity index (χ4v) is 1.41. The van der Waals surface area contributed by atoms with Gasteiger partial charge in [-0.3, -0.25) is 4.79 Å². The number of nitrogens with one attached hydrogen (secondary N) is 2. The second-order valence-corrected chi connectivity index (χ2v) is 3.77. The number of primary amides is 1. The van der Waals surface area contributed by atoms with Crippen LogP contribution in [0, 0.1) is 0 Å². The summed E-state index contributed by atoms with van der Waals surface area (Å²) in [5.74, 6) is 6.79. The van der Waals surface area contributed by atoms with E-state index in [4.69, 9.17) is 11.6 Å². The first-order valence-electron chi connectivity index (χ1n) is 5.44. The lowest BCUT2D eigenvalue weighted by molar-refractivity contribution is -0.118. The van der Waals surface area contributed by atoms with E-state index in [2.05, 4.69) is 20.7 Å². The van der Waals surface area contributed by atoms with Crippen LogP contribution in [-0.4, -0.2) is 21.9 Å². The average Bonchev–Trinajstić information content (AvgIpc) is 2.27. The Morgan fingerprint density at radius 2 is 2.12 bits per heavy atom. The lowest BCUT2D eigenvalue weighted by Gasteiger charge is -2.14. The van der Waals surface area contributed by atoms with E-state index in [9.17, 15) is 4.79 Å². The van der Waals surface area contributed by atoms with Crippen molar-refractivity contribution in [2.75, 3.05) is 10.7 Å². The molecule has 0 saturated carbocycles. The molecule has 0 fully saturated rings. The molecule has 94 valence electrons. The summed E-state index contributed by atoms with van der Waals surface area (Å²) in [6.07, 6.45) is 0.950. The molecule has 6 N–H and O–H groups in total. The number of rotatable bonds is 6. The monoisotopic (exact) mass is 238 g/mol. The zero-order valence-corrected chi connectivity index (χ0v) is 10.0. The molecule has 17 heavy (non-hydrogen) atoms. The van der Waals surface area contributed by atoms with Crippen LogP contribution in [-0.2, 0) is 11.2 Å². The van der Waals surface area contributed by atoms with Crippen LogP contribution in [0.25, 0.3) is 0 Å². The number of anilines is 2. The summed E-state index contributed by atoms with van der Waals surface area (Å²) in [5.41, 5.74) is 7.59. The normalized spacial score (nSPS) is 11.9. The van der Waals surface area contributed by atoms with Crippen molar-refractivity contribution in [1.29, 1.82) is 0 Å². The third kappa shape index (κ3) is 4.23. The van der Waals surface area contributed by atoms with Gasteiger partial charge >= 0.3 is 0 Å². The van der Waals surface area contributed by atoms with E-state index in [1.807, 2.05) is 13.8 Å². The molecule has 0 aliphatic rings. The van der Waals surface area contributed by atoms with E-state index >= 15 is 0 Å². The summed E-state index contributed by atoms with van der Waals surface area (Å²) in [6.45, 7) is 3.81. The highest BCUT2D eigenvalue weighted by molar-refractivity contribution is 5.74. The van der Waals surface area contributed by atoms with E-state index in [0.29, 0.717) is 23.9 Å². The number of nitrogens with zero attached hydrogens (tertiary/aromatic N) is 2. The molecule has 0 saturated heterocycles. The van der Waals surface area contributed by atoms with Crippen molar-refractivity contribution in [3.05, 3.63) is 11.9 Å². The van der Waals surface area contributed by atoms with Gasteiger partial charge in [-0.15, -0.1) is 0 Å². The number of hydrogen-bond acceptors (Lipinski definition) is 6. The maximum Gasteiger partial charge on any atom is 0.219 e. The summed E-state index contributed by atoms with van der Waals surface area (Å²) >= 11 is 0. The Bertz CT molecular complexity index is 372. The van der Waals surface area contributed by atoms with E-state index < -0.39 is 0 Å². The number of hydrogen-bond donors (Lipinski definition) is 4. The van der Waals surface area contributed by atoms with Gasteiger partial charge in [0, 0.05) is 24.9 Å². The van der Waals surface area contributed by atoms with Gasteiger partial charge in [0.25, 0.3) is 0 Å². The highest BCUT2D eigenvalue weighted by Gasteiger charge is 2.08. The highest BCUT2D eigenvalue weighted by Crippen LogP contribution is 2.12. The number of aryl methyl sites for hydroxylation is 1. The molecule has 0 bridgehead atoms. The fraction of sp³-hybridized carbons (Fsp3) is 0.500. The van der Waals surface area contributed by atoms with Gasteiger partial charge in [0.05, 0.1) is 0 Å². The molecule has 0 aromatic carbocycles. The van der Waals surface area contributed by atoms with Gasteiger partial charge in [0.2, 0.25) is 5.91 Å². The minimum atomic E-state index is -0.355. The molecule has 0 radical (unpaired) electrons. The van der Waals surface area contributed by atoms with Gasteiger partial charge in [-0.1, -0.05) is 6.92 Å². The first-order valence-corrected chi connectivity index (χ1v) is 5.44. The molecule has 0 spiro atoms. The van der Waals surface area contributed by atoms with Crippen LogP contribution in [0.5, 0.6) is 0 Å². The summed E-state index contributed by atoms with van der Waals surface area (Å²) in [6, 6.07) is 1.59. The van der Waals surface area contributed by atoms with E-state index in [-0.39, 0.29) is 18.4 Å². The van der Waals surface area contributed by atoms with Crippen LogP contribution < -0.4 is 22.3 Å². The maximum atomic E-state index is 10.8. The number of nitrogen functional groups attached to an aromatic ring is 1. The molecular formula is C10H18N6O. The molecule has 1 atom stereocenters. The van der Waals surface area contributed by atoms with E-state index in [0.717, 1.165) is 0 Å². The Kier molecular flexibility index (Phi) is 4.65. The second kappa shape index (κ2) is 6.00. The summed E-state index contributed by atoms with van der Waals surface area (Å²) in [7, 11) is 0. The molecule has 1 heterocycles. The van der Waals surface area contributed by atoms with Crippen LogP contribution >= 0.6 is 0 Å². The zero-order chi connectivity index (χ0) is 12.8. The van der Waals surface area contributed by atoms with Gasteiger partial charge in [0.15, 0.2) is 0 Å². The first kappa shape index (κ1) is 13.2. The predicted molar refractivity (Wildman–Crippen MR) is 66.1 cm³/mol. The Labute approximate surface area is 100.0 Å². The largest absolute Gasteiger partial charge is 0.370 e. The molecule has 1 aromatic rings. The second-order valence-electron chi connectivity index (χ2n) is 3.77. The lowest BCUT2D eigenvalue weighted by atomic mass is 10.2. The minimum Gasteiger partial charge on any atom is -0.370 e. The van der Waals surface area contributed by atoms with Gasteiger partial charge in [0.1, 0.15) is 17.5 Å². The molecule has 1 aromatic heterocycles. The van der Waals surface area contributed by atoms with Crippen LogP contribution in [0.15, 0.2) is 6.07 Å². The SMILES string of the molecule is CCc1nc(NN)cc(NC(C)CC(N)=O)n1. The van der Waals surface area contributed by atoms with Crippen LogP contribution in [0.1, 0.15) is 26.1 Å². The predicted octanol–water partition coefficient (Wildman–Crippen LogP) is 0.000400. The lowest BCUT2D eigenvalue weighted by Crippen LogP contribution is -2.24. The minimum absolute atomic E-state index is 0.0854. The fourth-order valence-electron chi connectivity index (χ4n) is 1.41. The summed E-state index contributed by atoms with van der Waals surface area (Å²) < 4.78 is 0. The molecule has 1 rings (SSSR count). The average molecular weight is 238 g/mol. The van der Waals surface area contributed by atoms with Crippen molar-refractivity contribution in [3.63, 3.8) is 0 Å². The van der Waals surface area contributed by atoms with Crippen LogP contribution in [0.3, 0.4) is 0 Å². The van der Waals surface area contributed by atoms with Crippen molar-refractivity contribution in [2.24, 2.45) is 11.6 Å². The van der Waals surface area contributed by atoms with Crippen molar-refractivity contribution in [1.82, 2.24) is 9.97 Å². The standard InChI is InChI=1S/C10H18N6O/c1-3-8-14-9(5-10(15-8)16-12)13-6(2)4-7(11)17/h5-6H,3-4,12H2,1-2H3,(H2,11,17)(H2,13,14,15,16). The van der Waals surface area contributed by atoms with Gasteiger partial charge in [-0.2, -0.15) is 0 Å². The topological polar surface area (TPSA) is 119 Å². The van der Waals surface area contributed by atoms with Crippen LogP contribution in [0.2, 0.25) is 0 Å². The molecule has 0 aliphatic carbocycles. The number of nitrogens with two attached hydrogens (primary N) is 2. The van der Waals surface area contributed by atoms with E-state index in [1.54, 1.807) is 6.07 Å². The Morgan fingerprint density at radius 3 is 2.65 bits per heavy atom. The molecule has 1 unspecified atom stereocenters. The number of carbonyl (C=O) groups excluding carboxylic acids is 1. The van der Waals surface area contributed by atoms with Gasteiger partial charge in [-0.05, 0) is 6.92 Å². The third-order valence-electron chi connectivity index (χ3n) is 2.14. The Balaban J connectivity index is 2.79. The number of amides is 1. The Hall–Kier alpha value is -1.89. The quantitative estimate of drug-likeness (QED) is 0.409. The zero-order valence-electron chi connectivity index (χ0n) is 10.0. The van der Waals surface area contributed by atoms with E-state index in [1.165, 1.54) is 0 Å². The van der Waals surface area contributed by atoms with Crippen molar-refractivity contribution >= 4 is 17.5 Å². The van der Waals surface area contributed by atoms with Crippen molar-refractivity contribution in [3.8, 4) is 0 Å². The molecule has 7 heteroatoms. The Morgan fingerprint density at radius 1 is 1.47 bits per heavy atom. The maximum absolute atomic E-state index is 10.8. The van der Waals surface area contributed by atoms with Gasteiger partial charge < -0.3 is 16.5 Å². The van der Waals surface area contributed by atoms with Gasteiger partial charge in [-0.25, -0.2) is 15.8 Å². The molecule has 1 amide bonds. The molecule has 0 aliphatic heterocycles. The summed E-state index contributed by atoms with van der Waals surface area (Å²) in [5, 5.41) is 3.08. The number of aromatic nitrogens is 2. The number of carbonyl (C=O) groups is 1. The van der Waals surface area contributed by atoms with Crippen molar-refractivity contribution < 1.29 is 4.79 Å².